The Hall–Kier alpha value is -2.86. The van der Waals surface area contributed by atoms with Gasteiger partial charge in [0.2, 0.25) is 17.6 Å². The number of rotatable bonds is 10. The fourth-order valence-corrected chi connectivity index (χ4v) is 6.56. The second-order valence-electron chi connectivity index (χ2n) is 14.2. The fourth-order valence-electron chi connectivity index (χ4n) is 6.56. The molecule has 0 aromatic carbocycles. The Labute approximate surface area is 238 Å². The molecular formula is C28H42F3N5O5. The number of hydrogen-bond acceptors (Lipinski definition) is 5. The first-order valence-corrected chi connectivity index (χ1v) is 14.4. The smallest absolute Gasteiger partial charge is 0.363 e. The van der Waals surface area contributed by atoms with Crippen molar-refractivity contribution >= 4 is 29.5 Å². The van der Waals surface area contributed by atoms with Crippen LogP contribution in [0.4, 0.5) is 18.0 Å². The number of urea groups is 1. The van der Waals surface area contributed by atoms with Crippen LogP contribution in [0.3, 0.4) is 0 Å². The van der Waals surface area contributed by atoms with Gasteiger partial charge in [-0.1, -0.05) is 53.9 Å². The van der Waals surface area contributed by atoms with E-state index in [1.807, 2.05) is 39.9 Å². The van der Waals surface area contributed by atoms with Gasteiger partial charge in [0.05, 0.1) is 6.04 Å². The Bertz CT molecular complexity index is 1110. The van der Waals surface area contributed by atoms with Crippen LogP contribution in [0.1, 0.15) is 79.6 Å². The van der Waals surface area contributed by atoms with Crippen LogP contribution in [0.5, 0.6) is 0 Å². The maximum absolute atomic E-state index is 13.9. The third-order valence-electron chi connectivity index (χ3n) is 9.50. The average Bonchev–Trinajstić information content (AvgIpc) is 3.62. The number of Topliss-reactive ketones (excluding diaryl/α,β-unsaturated/α-hetero) is 1. The summed E-state index contributed by atoms with van der Waals surface area (Å²) in [7, 11) is 0. The van der Waals surface area contributed by atoms with Gasteiger partial charge in [-0.2, -0.15) is 13.2 Å². The minimum Gasteiger partial charge on any atom is -0.363 e. The summed E-state index contributed by atoms with van der Waals surface area (Å²) in [4.78, 5) is 66.0. The predicted octanol–water partition coefficient (Wildman–Crippen LogP) is 2.40. The number of alkyl halides is 3. The van der Waals surface area contributed by atoms with E-state index in [0.717, 1.165) is 19.3 Å². The van der Waals surface area contributed by atoms with Crippen molar-refractivity contribution in [2.45, 2.75) is 109 Å². The molecule has 0 spiro atoms. The van der Waals surface area contributed by atoms with Crippen molar-refractivity contribution in [3.8, 4) is 0 Å². The number of amides is 5. The standard InChI is InChI=1S/C28H42F3N5O5/c1-25(2,3)12-17(34-24(41)35-27(9-10-27)28(29,30)31)23(40)36-13-15-18(26(15,4)5)19(36)22(39)33-16(20(37)21(32)38)11-14-7-6-8-14/h14-19H,6-13H2,1-5H3,(H2,32,38)(H,33,39)(H2,34,35,41)/t15-,16?,17?,18-,19?/m0/s1. The monoisotopic (exact) mass is 585 g/mol. The number of nitrogens with zero attached hydrogens (tertiary/aromatic N) is 1. The SMILES string of the molecule is CC(C)(C)CC(NC(=O)NC1(C(F)(F)F)CC1)C(=O)N1C[C@H]2[C@@H](C1C(=O)NC(CC1CCC1)C(=O)C(N)=O)C2(C)C. The summed E-state index contributed by atoms with van der Waals surface area (Å²) in [5.41, 5.74) is 2.21. The van der Waals surface area contributed by atoms with E-state index in [9.17, 15) is 37.1 Å². The first-order valence-electron chi connectivity index (χ1n) is 14.4. The molecule has 0 bridgehead atoms. The topological polar surface area (TPSA) is 151 Å². The van der Waals surface area contributed by atoms with Crippen molar-refractivity contribution in [1.29, 1.82) is 0 Å². The third-order valence-corrected chi connectivity index (χ3v) is 9.50. The van der Waals surface area contributed by atoms with Gasteiger partial charge in [0.25, 0.3) is 5.91 Å². The van der Waals surface area contributed by atoms with Crippen LogP contribution >= 0.6 is 0 Å². The summed E-state index contributed by atoms with van der Waals surface area (Å²) in [5.74, 6) is -3.25. The van der Waals surface area contributed by atoms with Crippen molar-refractivity contribution in [3.05, 3.63) is 0 Å². The van der Waals surface area contributed by atoms with E-state index in [4.69, 9.17) is 5.73 Å². The minimum absolute atomic E-state index is 0.0109. The first kappa shape index (κ1) is 31.1. The van der Waals surface area contributed by atoms with Crippen LogP contribution in [-0.2, 0) is 19.2 Å². The average molecular weight is 586 g/mol. The molecule has 13 heteroatoms. The lowest BCUT2D eigenvalue weighted by Crippen LogP contribution is -2.60. The summed E-state index contributed by atoms with van der Waals surface area (Å²) in [6.45, 7) is 9.69. The van der Waals surface area contributed by atoms with E-state index in [2.05, 4.69) is 10.6 Å². The van der Waals surface area contributed by atoms with E-state index in [1.165, 1.54) is 4.90 Å². The van der Waals surface area contributed by atoms with Gasteiger partial charge in [-0.25, -0.2) is 4.79 Å². The van der Waals surface area contributed by atoms with Crippen LogP contribution < -0.4 is 21.7 Å². The van der Waals surface area contributed by atoms with Gasteiger partial charge in [-0.15, -0.1) is 0 Å². The number of nitrogens with one attached hydrogen (secondary N) is 3. The van der Waals surface area contributed by atoms with E-state index < -0.39 is 64.8 Å². The summed E-state index contributed by atoms with van der Waals surface area (Å²) in [6, 6.07) is -4.35. The fraction of sp³-hybridized carbons (Fsp3) is 0.821. The zero-order chi connectivity index (χ0) is 30.7. The lowest BCUT2D eigenvalue weighted by atomic mass is 9.80. The molecule has 0 aromatic rings. The molecule has 1 aliphatic heterocycles. The third kappa shape index (κ3) is 6.33. The number of halogens is 3. The molecule has 5 atom stereocenters. The zero-order valence-corrected chi connectivity index (χ0v) is 24.3. The molecule has 230 valence electrons. The number of fused-ring (bicyclic) bond motifs is 1. The maximum Gasteiger partial charge on any atom is 0.411 e. The van der Waals surface area contributed by atoms with Crippen molar-refractivity contribution < 1.29 is 37.1 Å². The van der Waals surface area contributed by atoms with Gasteiger partial charge < -0.3 is 26.6 Å². The molecule has 3 aliphatic carbocycles. The van der Waals surface area contributed by atoms with Crippen LogP contribution in [0.25, 0.3) is 0 Å². The highest BCUT2D eigenvalue weighted by atomic mass is 19.4. The Balaban J connectivity index is 1.53. The summed E-state index contributed by atoms with van der Waals surface area (Å²) in [6.07, 6.45) is -1.94. The molecule has 10 nitrogen and oxygen atoms in total. The molecule has 4 rings (SSSR count). The van der Waals surface area contributed by atoms with Crippen LogP contribution in [-0.4, -0.2) is 70.8 Å². The highest BCUT2D eigenvalue weighted by Crippen LogP contribution is 2.65. The normalized spacial score (nSPS) is 27.5. The van der Waals surface area contributed by atoms with Gasteiger partial charge in [0, 0.05) is 6.54 Å². The molecule has 3 saturated carbocycles. The number of nitrogens with two attached hydrogens (primary N) is 1. The molecule has 4 fully saturated rings. The van der Waals surface area contributed by atoms with Crippen molar-refractivity contribution in [3.63, 3.8) is 0 Å². The zero-order valence-electron chi connectivity index (χ0n) is 24.3. The highest BCUT2D eigenvalue weighted by molar-refractivity contribution is 6.37. The predicted molar refractivity (Wildman–Crippen MR) is 142 cm³/mol. The van der Waals surface area contributed by atoms with Crippen LogP contribution in [0.15, 0.2) is 0 Å². The number of carbonyl (C=O) groups excluding carboxylic acids is 5. The van der Waals surface area contributed by atoms with E-state index in [0.29, 0.717) is 0 Å². The van der Waals surface area contributed by atoms with E-state index in [1.54, 1.807) is 0 Å². The molecule has 5 amide bonds. The quantitative estimate of drug-likeness (QED) is 0.290. The second kappa shape index (κ2) is 10.4. The first-order chi connectivity index (χ1) is 18.8. The Morgan fingerprint density at radius 1 is 1.00 bits per heavy atom. The largest absolute Gasteiger partial charge is 0.411 e. The Morgan fingerprint density at radius 3 is 2.07 bits per heavy atom. The van der Waals surface area contributed by atoms with Crippen molar-refractivity contribution in [2.24, 2.45) is 34.3 Å². The molecule has 1 heterocycles. The van der Waals surface area contributed by atoms with Gasteiger partial charge >= 0.3 is 12.2 Å². The molecular weight excluding hydrogens is 543 g/mol. The van der Waals surface area contributed by atoms with Crippen LogP contribution in [0, 0.1) is 28.6 Å². The number of piperidine rings is 1. The van der Waals surface area contributed by atoms with Crippen LogP contribution in [0.2, 0.25) is 0 Å². The minimum atomic E-state index is -4.61. The second-order valence-corrected chi connectivity index (χ2v) is 14.2. The number of likely N-dealkylation sites (tertiary alicyclic amines) is 1. The molecule has 4 aliphatic rings. The number of ketones is 1. The molecule has 0 radical (unpaired) electrons. The molecule has 3 unspecified atom stereocenters. The molecule has 5 N–H and O–H groups in total. The van der Waals surface area contributed by atoms with Gasteiger partial charge in [0.15, 0.2) is 0 Å². The molecule has 1 saturated heterocycles. The molecule has 41 heavy (non-hydrogen) atoms. The van der Waals surface area contributed by atoms with Crippen molar-refractivity contribution in [1.82, 2.24) is 20.9 Å². The summed E-state index contributed by atoms with van der Waals surface area (Å²) < 4.78 is 40.3. The summed E-state index contributed by atoms with van der Waals surface area (Å²) >= 11 is 0. The lowest BCUT2D eigenvalue weighted by Gasteiger charge is -2.36. The Kier molecular flexibility index (Phi) is 7.92. The number of primary amides is 1. The molecule has 0 aromatic heterocycles. The van der Waals surface area contributed by atoms with Gasteiger partial charge in [-0.3, -0.25) is 19.2 Å². The number of hydrogen-bond donors (Lipinski definition) is 4. The summed E-state index contributed by atoms with van der Waals surface area (Å²) in [5, 5.41) is 7.16. The highest BCUT2D eigenvalue weighted by Gasteiger charge is 2.70. The van der Waals surface area contributed by atoms with Gasteiger partial charge in [-0.05, 0) is 54.3 Å². The lowest BCUT2D eigenvalue weighted by molar-refractivity contribution is -0.162. The van der Waals surface area contributed by atoms with E-state index in [-0.39, 0.29) is 55.4 Å². The van der Waals surface area contributed by atoms with Crippen molar-refractivity contribution in [2.75, 3.05) is 6.54 Å². The maximum atomic E-state index is 13.9. The van der Waals surface area contributed by atoms with E-state index >= 15 is 0 Å². The Morgan fingerprint density at radius 2 is 1.61 bits per heavy atom. The van der Waals surface area contributed by atoms with Gasteiger partial charge in [0.1, 0.15) is 17.6 Å². The number of carbonyl (C=O) groups is 5.